The second kappa shape index (κ2) is 6.12. The first kappa shape index (κ1) is 15.3. The van der Waals surface area contributed by atoms with E-state index in [0.717, 1.165) is 5.76 Å². The Morgan fingerprint density at radius 3 is 2.43 bits per heavy atom. The monoisotopic (exact) mass is 286 g/mol. The zero-order valence-corrected chi connectivity index (χ0v) is 13.1. The highest BCUT2D eigenvalue weighted by molar-refractivity contribution is 5.94. The summed E-state index contributed by atoms with van der Waals surface area (Å²) in [6, 6.07) is 7.75. The minimum Gasteiger partial charge on any atom is -0.446 e. The molecule has 0 aliphatic carbocycles. The van der Waals surface area contributed by atoms with Crippen LogP contribution in [0, 0.1) is 6.92 Å². The third-order valence-electron chi connectivity index (χ3n) is 3.31. The van der Waals surface area contributed by atoms with Crippen molar-refractivity contribution in [2.45, 2.75) is 39.5 Å². The Labute approximate surface area is 125 Å². The molecule has 0 saturated heterocycles. The fraction of sp³-hybridized carbons (Fsp3) is 0.412. The van der Waals surface area contributed by atoms with Crippen LogP contribution in [0.4, 0.5) is 0 Å². The molecular weight excluding hydrogens is 264 g/mol. The summed E-state index contributed by atoms with van der Waals surface area (Å²) in [6.07, 6.45) is 2.28. The zero-order chi connectivity index (χ0) is 15.5. The van der Waals surface area contributed by atoms with Crippen LogP contribution < -0.4 is 5.32 Å². The van der Waals surface area contributed by atoms with E-state index in [4.69, 9.17) is 4.42 Å². The molecule has 0 saturated carbocycles. The Balaban J connectivity index is 1.88. The summed E-state index contributed by atoms with van der Waals surface area (Å²) in [6.45, 7) is 8.83. The third-order valence-corrected chi connectivity index (χ3v) is 3.31. The number of rotatable bonds is 4. The topological polar surface area (TPSA) is 55.1 Å². The number of oxazole rings is 1. The molecule has 0 aliphatic rings. The average molecular weight is 286 g/mol. The van der Waals surface area contributed by atoms with Crippen LogP contribution in [0.1, 0.15) is 48.3 Å². The van der Waals surface area contributed by atoms with Gasteiger partial charge in [-0.3, -0.25) is 4.79 Å². The fourth-order valence-corrected chi connectivity index (χ4v) is 2.02. The van der Waals surface area contributed by atoms with Gasteiger partial charge in [-0.1, -0.05) is 32.9 Å². The minimum atomic E-state index is -0.0706. The maximum atomic E-state index is 12.0. The molecule has 4 nitrogen and oxygen atoms in total. The number of hydrogen-bond donors (Lipinski definition) is 1. The van der Waals surface area contributed by atoms with Crippen molar-refractivity contribution >= 4 is 5.91 Å². The molecule has 4 heteroatoms. The first-order valence-electron chi connectivity index (χ1n) is 7.16. The molecule has 0 aliphatic heterocycles. The Kier molecular flexibility index (Phi) is 4.46. The highest BCUT2D eigenvalue weighted by Crippen LogP contribution is 2.22. The summed E-state index contributed by atoms with van der Waals surface area (Å²) >= 11 is 0. The third kappa shape index (κ3) is 4.18. The number of aryl methyl sites for hydroxylation is 1. The van der Waals surface area contributed by atoms with Crippen LogP contribution in [0.3, 0.4) is 0 Å². The Morgan fingerprint density at radius 1 is 1.24 bits per heavy atom. The van der Waals surface area contributed by atoms with Crippen molar-refractivity contribution in [2.24, 2.45) is 0 Å². The van der Waals surface area contributed by atoms with Crippen molar-refractivity contribution in [2.75, 3.05) is 6.54 Å². The van der Waals surface area contributed by atoms with Crippen LogP contribution in [0.2, 0.25) is 0 Å². The van der Waals surface area contributed by atoms with Gasteiger partial charge in [0.2, 0.25) is 0 Å². The molecule has 1 amide bonds. The van der Waals surface area contributed by atoms with Gasteiger partial charge >= 0.3 is 0 Å². The molecule has 0 unspecified atom stereocenters. The SMILES string of the molecule is Cc1cnc(CCNC(=O)c2ccc(C(C)(C)C)cc2)o1. The van der Waals surface area contributed by atoms with Gasteiger partial charge in [0.1, 0.15) is 5.76 Å². The van der Waals surface area contributed by atoms with Crippen LogP contribution in [0.25, 0.3) is 0 Å². The van der Waals surface area contributed by atoms with E-state index in [0.29, 0.717) is 24.4 Å². The van der Waals surface area contributed by atoms with E-state index in [1.165, 1.54) is 5.56 Å². The lowest BCUT2D eigenvalue weighted by atomic mass is 9.87. The van der Waals surface area contributed by atoms with Gasteiger partial charge in [0.25, 0.3) is 5.91 Å². The average Bonchev–Trinajstić information content (AvgIpc) is 2.83. The largest absolute Gasteiger partial charge is 0.446 e. The lowest BCUT2D eigenvalue weighted by Gasteiger charge is -2.19. The second-order valence-corrected chi connectivity index (χ2v) is 6.20. The summed E-state index contributed by atoms with van der Waals surface area (Å²) in [5.74, 6) is 1.36. The second-order valence-electron chi connectivity index (χ2n) is 6.20. The number of nitrogens with zero attached hydrogens (tertiary/aromatic N) is 1. The molecule has 21 heavy (non-hydrogen) atoms. The van der Waals surface area contributed by atoms with Crippen LogP contribution in [-0.4, -0.2) is 17.4 Å². The van der Waals surface area contributed by atoms with E-state index in [9.17, 15) is 4.79 Å². The molecule has 112 valence electrons. The van der Waals surface area contributed by atoms with E-state index in [1.54, 1.807) is 6.20 Å². The van der Waals surface area contributed by atoms with Gasteiger partial charge in [-0.2, -0.15) is 0 Å². The van der Waals surface area contributed by atoms with Gasteiger partial charge in [0.15, 0.2) is 5.89 Å². The number of aromatic nitrogens is 1. The number of benzene rings is 1. The maximum Gasteiger partial charge on any atom is 0.251 e. The normalized spacial score (nSPS) is 11.4. The van der Waals surface area contributed by atoms with Crippen LogP contribution >= 0.6 is 0 Å². The molecule has 2 rings (SSSR count). The summed E-state index contributed by atoms with van der Waals surface area (Å²) in [5, 5.41) is 2.88. The van der Waals surface area contributed by atoms with Gasteiger partial charge in [0, 0.05) is 18.5 Å². The van der Waals surface area contributed by atoms with E-state index in [-0.39, 0.29) is 11.3 Å². The Bertz CT molecular complexity index is 606. The van der Waals surface area contributed by atoms with Gasteiger partial charge in [0.05, 0.1) is 6.20 Å². The Morgan fingerprint density at radius 2 is 1.90 bits per heavy atom. The smallest absolute Gasteiger partial charge is 0.251 e. The number of carbonyl (C=O) groups is 1. The van der Waals surface area contributed by atoms with E-state index >= 15 is 0 Å². The molecule has 2 aromatic rings. The van der Waals surface area contributed by atoms with Crippen molar-refractivity contribution in [1.82, 2.24) is 10.3 Å². The number of hydrogen-bond acceptors (Lipinski definition) is 3. The lowest BCUT2D eigenvalue weighted by Crippen LogP contribution is -2.25. The summed E-state index contributed by atoms with van der Waals surface area (Å²) < 4.78 is 5.36. The van der Waals surface area contributed by atoms with Gasteiger partial charge in [-0.05, 0) is 30.0 Å². The summed E-state index contributed by atoms with van der Waals surface area (Å²) in [5.41, 5.74) is 1.98. The molecule has 1 aromatic heterocycles. The summed E-state index contributed by atoms with van der Waals surface area (Å²) in [7, 11) is 0. The first-order valence-corrected chi connectivity index (χ1v) is 7.16. The van der Waals surface area contributed by atoms with Crippen molar-refractivity contribution < 1.29 is 9.21 Å². The molecule has 0 spiro atoms. The molecule has 0 fully saturated rings. The lowest BCUT2D eigenvalue weighted by molar-refractivity contribution is 0.0953. The number of amides is 1. The number of carbonyl (C=O) groups excluding carboxylic acids is 1. The zero-order valence-electron chi connectivity index (χ0n) is 13.1. The maximum absolute atomic E-state index is 12.0. The Hall–Kier alpha value is -2.10. The van der Waals surface area contributed by atoms with Crippen LogP contribution in [0.5, 0.6) is 0 Å². The first-order chi connectivity index (χ1) is 9.86. The predicted molar refractivity (Wildman–Crippen MR) is 82.4 cm³/mol. The van der Waals surface area contributed by atoms with E-state index in [1.807, 2.05) is 31.2 Å². The van der Waals surface area contributed by atoms with Crippen LogP contribution in [0.15, 0.2) is 34.9 Å². The quantitative estimate of drug-likeness (QED) is 0.938. The number of nitrogens with one attached hydrogen (secondary N) is 1. The van der Waals surface area contributed by atoms with Crippen molar-refractivity contribution in [3.05, 3.63) is 53.2 Å². The van der Waals surface area contributed by atoms with Gasteiger partial charge in [-0.15, -0.1) is 0 Å². The van der Waals surface area contributed by atoms with Crippen molar-refractivity contribution in [1.29, 1.82) is 0 Å². The fourth-order valence-electron chi connectivity index (χ4n) is 2.02. The van der Waals surface area contributed by atoms with Crippen LogP contribution in [-0.2, 0) is 11.8 Å². The van der Waals surface area contributed by atoms with Crippen molar-refractivity contribution in [3.8, 4) is 0 Å². The molecule has 1 aromatic carbocycles. The molecule has 1 N–H and O–H groups in total. The van der Waals surface area contributed by atoms with E-state index in [2.05, 4.69) is 31.1 Å². The predicted octanol–water partition coefficient (Wildman–Crippen LogP) is 3.25. The highest BCUT2D eigenvalue weighted by Gasteiger charge is 2.14. The summed E-state index contributed by atoms with van der Waals surface area (Å²) in [4.78, 5) is 16.1. The van der Waals surface area contributed by atoms with Crippen molar-refractivity contribution in [3.63, 3.8) is 0 Å². The molecule has 0 bridgehead atoms. The molecular formula is C17H22N2O2. The standard InChI is InChI=1S/C17H22N2O2/c1-12-11-19-15(21-12)9-10-18-16(20)13-5-7-14(8-6-13)17(2,3)4/h5-8,11H,9-10H2,1-4H3,(H,18,20). The molecule has 0 radical (unpaired) electrons. The molecule has 1 heterocycles. The molecule has 0 atom stereocenters. The highest BCUT2D eigenvalue weighted by atomic mass is 16.4. The van der Waals surface area contributed by atoms with Gasteiger partial charge in [-0.25, -0.2) is 4.98 Å². The van der Waals surface area contributed by atoms with E-state index < -0.39 is 0 Å². The van der Waals surface area contributed by atoms with Gasteiger partial charge < -0.3 is 9.73 Å². The minimum absolute atomic E-state index is 0.0706.